The normalized spacial score (nSPS) is 10.3. The van der Waals surface area contributed by atoms with Crippen molar-refractivity contribution in [3.05, 3.63) is 52.5 Å². The lowest BCUT2D eigenvalue weighted by Gasteiger charge is -2.13. The average Bonchev–Trinajstić information content (AvgIpc) is 2.50. The average molecular weight is 333 g/mol. The third-order valence-electron chi connectivity index (χ3n) is 3.44. The van der Waals surface area contributed by atoms with Crippen molar-refractivity contribution in [1.29, 1.82) is 0 Å². The molecule has 0 saturated heterocycles. The molecule has 0 heterocycles. The van der Waals surface area contributed by atoms with Crippen molar-refractivity contribution in [3.63, 3.8) is 0 Å². The summed E-state index contributed by atoms with van der Waals surface area (Å²) in [6.45, 7) is 4.52. The first kappa shape index (κ1) is 17.2. The summed E-state index contributed by atoms with van der Waals surface area (Å²) in [5, 5.41) is 6.76. The zero-order valence-electron chi connectivity index (χ0n) is 13.6. The molecule has 2 N–H and O–H groups in total. The Hall–Kier alpha value is -2.20. The van der Waals surface area contributed by atoms with Gasteiger partial charge in [0.25, 0.3) is 0 Å². The Morgan fingerprint density at radius 2 is 2.00 bits per heavy atom. The SMILES string of the molecule is COc1cccc(NC(=O)CCNc2c(C)cc(C)cc2Cl)c1. The highest BCUT2D eigenvalue weighted by atomic mass is 35.5. The van der Waals surface area contributed by atoms with E-state index in [1.807, 2.05) is 38.1 Å². The van der Waals surface area contributed by atoms with Crippen LogP contribution in [0.25, 0.3) is 0 Å². The monoisotopic (exact) mass is 332 g/mol. The van der Waals surface area contributed by atoms with Crippen LogP contribution in [0.5, 0.6) is 5.75 Å². The molecule has 0 saturated carbocycles. The highest BCUT2D eigenvalue weighted by Gasteiger charge is 2.07. The quantitative estimate of drug-likeness (QED) is 0.824. The van der Waals surface area contributed by atoms with Crippen LogP contribution in [0.15, 0.2) is 36.4 Å². The predicted molar refractivity (Wildman–Crippen MR) is 95.7 cm³/mol. The minimum atomic E-state index is -0.0633. The zero-order chi connectivity index (χ0) is 16.8. The maximum Gasteiger partial charge on any atom is 0.226 e. The summed E-state index contributed by atoms with van der Waals surface area (Å²) in [5.74, 6) is 0.648. The fourth-order valence-electron chi connectivity index (χ4n) is 2.36. The second-order valence-corrected chi connectivity index (χ2v) is 5.80. The summed E-state index contributed by atoms with van der Waals surface area (Å²) in [6.07, 6.45) is 0.348. The van der Waals surface area contributed by atoms with Gasteiger partial charge in [0, 0.05) is 24.7 Å². The van der Waals surface area contributed by atoms with E-state index in [9.17, 15) is 4.79 Å². The Labute approximate surface area is 141 Å². The van der Waals surface area contributed by atoms with Gasteiger partial charge in [-0.05, 0) is 43.2 Å². The molecule has 0 bridgehead atoms. The lowest BCUT2D eigenvalue weighted by Crippen LogP contribution is -2.16. The van der Waals surface area contributed by atoms with Crippen molar-refractivity contribution in [1.82, 2.24) is 0 Å². The lowest BCUT2D eigenvalue weighted by atomic mass is 10.1. The van der Waals surface area contributed by atoms with Crippen molar-refractivity contribution in [3.8, 4) is 5.75 Å². The van der Waals surface area contributed by atoms with Gasteiger partial charge < -0.3 is 15.4 Å². The molecule has 1 amide bonds. The predicted octanol–water partition coefficient (Wildman–Crippen LogP) is 4.41. The molecule has 0 aliphatic heterocycles. The fraction of sp³-hybridized carbons (Fsp3) is 0.278. The van der Waals surface area contributed by atoms with Crippen LogP contribution in [0.2, 0.25) is 5.02 Å². The molecule has 0 unspecified atom stereocenters. The highest BCUT2D eigenvalue weighted by molar-refractivity contribution is 6.33. The second kappa shape index (κ2) is 7.88. The molecule has 4 nitrogen and oxygen atoms in total. The van der Waals surface area contributed by atoms with Gasteiger partial charge in [-0.1, -0.05) is 23.7 Å². The van der Waals surface area contributed by atoms with Crippen LogP contribution < -0.4 is 15.4 Å². The molecular weight excluding hydrogens is 312 g/mol. The summed E-state index contributed by atoms with van der Waals surface area (Å²) < 4.78 is 5.13. The van der Waals surface area contributed by atoms with Gasteiger partial charge in [0.15, 0.2) is 0 Å². The number of hydrogen-bond donors (Lipinski definition) is 2. The van der Waals surface area contributed by atoms with Gasteiger partial charge in [0.05, 0.1) is 17.8 Å². The number of hydrogen-bond acceptors (Lipinski definition) is 3. The Bertz CT molecular complexity index is 678. The molecule has 0 fully saturated rings. The van der Waals surface area contributed by atoms with Crippen LogP contribution in [0.1, 0.15) is 17.5 Å². The summed E-state index contributed by atoms with van der Waals surface area (Å²) >= 11 is 6.24. The fourth-order valence-corrected chi connectivity index (χ4v) is 2.75. The number of halogens is 1. The molecule has 0 radical (unpaired) electrons. The van der Waals surface area contributed by atoms with E-state index in [0.29, 0.717) is 23.7 Å². The maximum atomic E-state index is 12.0. The summed E-state index contributed by atoms with van der Waals surface area (Å²) in [5.41, 5.74) is 3.79. The molecule has 2 aromatic rings. The standard InChI is InChI=1S/C18H21ClN2O2/c1-12-9-13(2)18(16(19)10-12)20-8-7-17(22)21-14-5-4-6-15(11-14)23-3/h4-6,9-11,20H,7-8H2,1-3H3,(H,21,22). The molecule has 2 rings (SSSR count). The molecule has 0 aliphatic rings. The van der Waals surface area contributed by atoms with Crippen LogP contribution >= 0.6 is 11.6 Å². The van der Waals surface area contributed by atoms with E-state index < -0.39 is 0 Å². The van der Waals surface area contributed by atoms with Crippen molar-refractivity contribution < 1.29 is 9.53 Å². The van der Waals surface area contributed by atoms with Gasteiger partial charge in [-0.2, -0.15) is 0 Å². The minimum Gasteiger partial charge on any atom is -0.497 e. The number of carbonyl (C=O) groups is 1. The number of methoxy groups -OCH3 is 1. The molecule has 0 aliphatic carbocycles. The van der Waals surface area contributed by atoms with Crippen molar-refractivity contribution in [2.75, 3.05) is 24.3 Å². The number of anilines is 2. The Morgan fingerprint density at radius 1 is 1.22 bits per heavy atom. The third kappa shape index (κ3) is 4.89. The third-order valence-corrected chi connectivity index (χ3v) is 3.74. The number of amides is 1. The minimum absolute atomic E-state index is 0.0633. The van der Waals surface area contributed by atoms with Crippen molar-refractivity contribution >= 4 is 28.9 Å². The summed E-state index contributed by atoms with van der Waals surface area (Å²) in [7, 11) is 1.60. The molecular formula is C18H21ClN2O2. The number of nitrogens with one attached hydrogen (secondary N) is 2. The first-order valence-corrected chi connectivity index (χ1v) is 7.82. The van der Waals surface area contributed by atoms with Gasteiger partial charge in [0.2, 0.25) is 5.91 Å². The lowest BCUT2D eigenvalue weighted by molar-refractivity contribution is -0.115. The van der Waals surface area contributed by atoms with Gasteiger partial charge in [0.1, 0.15) is 5.75 Å². The number of aryl methyl sites for hydroxylation is 2. The Morgan fingerprint density at radius 3 is 2.70 bits per heavy atom. The van der Waals surface area contributed by atoms with Gasteiger partial charge in [-0.15, -0.1) is 0 Å². The van der Waals surface area contributed by atoms with E-state index in [-0.39, 0.29) is 5.91 Å². The molecule has 0 spiro atoms. The van der Waals surface area contributed by atoms with Crippen LogP contribution in [0.4, 0.5) is 11.4 Å². The summed E-state index contributed by atoms with van der Waals surface area (Å²) in [4.78, 5) is 12.0. The van der Waals surface area contributed by atoms with Crippen LogP contribution in [-0.2, 0) is 4.79 Å². The number of rotatable bonds is 6. The van der Waals surface area contributed by atoms with Gasteiger partial charge >= 0.3 is 0 Å². The first-order valence-electron chi connectivity index (χ1n) is 7.44. The number of benzene rings is 2. The van der Waals surface area contributed by atoms with E-state index in [0.717, 1.165) is 22.5 Å². The van der Waals surface area contributed by atoms with E-state index in [2.05, 4.69) is 16.7 Å². The van der Waals surface area contributed by atoms with E-state index in [1.165, 1.54) is 0 Å². The molecule has 23 heavy (non-hydrogen) atoms. The van der Waals surface area contributed by atoms with Gasteiger partial charge in [-0.25, -0.2) is 0 Å². The molecule has 0 atom stereocenters. The van der Waals surface area contributed by atoms with Crippen LogP contribution in [0.3, 0.4) is 0 Å². The van der Waals surface area contributed by atoms with Crippen molar-refractivity contribution in [2.45, 2.75) is 20.3 Å². The molecule has 122 valence electrons. The molecule has 0 aromatic heterocycles. The summed E-state index contributed by atoms with van der Waals surface area (Å²) in [6, 6.07) is 11.3. The maximum absolute atomic E-state index is 12.0. The first-order chi connectivity index (χ1) is 11.0. The second-order valence-electron chi connectivity index (χ2n) is 5.40. The topological polar surface area (TPSA) is 50.4 Å². The van der Waals surface area contributed by atoms with Crippen LogP contribution in [-0.4, -0.2) is 19.6 Å². The highest BCUT2D eigenvalue weighted by Crippen LogP contribution is 2.27. The smallest absolute Gasteiger partial charge is 0.226 e. The van der Waals surface area contributed by atoms with Gasteiger partial charge in [-0.3, -0.25) is 4.79 Å². The number of carbonyl (C=O) groups excluding carboxylic acids is 1. The zero-order valence-corrected chi connectivity index (χ0v) is 14.3. The van der Waals surface area contributed by atoms with E-state index >= 15 is 0 Å². The van der Waals surface area contributed by atoms with E-state index in [1.54, 1.807) is 13.2 Å². The largest absolute Gasteiger partial charge is 0.497 e. The number of ether oxygens (including phenoxy) is 1. The van der Waals surface area contributed by atoms with E-state index in [4.69, 9.17) is 16.3 Å². The van der Waals surface area contributed by atoms with Crippen molar-refractivity contribution in [2.24, 2.45) is 0 Å². The van der Waals surface area contributed by atoms with Crippen LogP contribution in [0, 0.1) is 13.8 Å². The Kier molecular flexibility index (Phi) is 5.88. The molecule has 5 heteroatoms. The Balaban J connectivity index is 1.88. The molecule has 2 aromatic carbocycles.